The van der Waals surface area contributed by atoms with Crippen molar-refractivity contribution < 1.29 is 14.3 Å². The van der Waals surface area contributed by atoms with Crippen LogP contribution in [0.25, 0.3) is 6.08 Å². The molecule has 1 aliphatic heterocycles. The smallest absolute Gasteiger partial charge is 0.345 e. The zero-order chi connectivity index (χ0) is 13.6. The minimum atomic E-state index is -0.961. The van der Waals surface area contributed by atoms with Gasteiger partial charge in [-0.2, -0.15) is 0 Å². The Hall–Kier alpha value is -1.77. The van der Waals surface area contributed by atoms with E-state index in [1.165, 1.54) is 0 Å². The quantitative estimate of drug-likeness (QED) is 0.710. The fourth-order valence-electron chi connectivity index (χ4n) is 1.69. The topological polar surface area (TPSA) is 35.5 Å². The third-order valence-corrected chi connectivity index (χ3v) is 3.42. The summed E-state index contributed by atoms with van der Waals surface area (Å²) in [6.07, 6.45) is 1.72. The molecule has 3 heteroatoms. The summed E-state index contributed by atoms with van der Waals surface area (Å²) in [6, 6.07) is 5.33. The summed E-state index contributed by atoms with van der Waals surface area (Å²) in [6.45, 7) is 11.4. The third kappa shape index (κ3) is 1.90. The fraction of sp³-hybridized carbons (Fsp3) is 0.400. The van der Waals surface area contributed by atoms with Crippen molar-refractivity contribution in [3.63, 3.8) is 0 Å². The molecule has 1 heterocycles. The average Bonchev–Trinajstić information content (AvgIpc) is 2.26. The Balaban J connectivity index is 2.50. The van der Waals surface area contributed by atoms with Gasteiger partial charge in [-0.1, -0.05) is 39.5 Å². The number of rotatable bonds is 1. The normalized spacial score (nSPS) is 22.8. The van der Waals surface area contributed by atoms with E-state index in [0.29, 0.717) is 11.3 Å². The predicted octanol–water partition coefficient (Wildman–Crippen LogP) is 3.64. The fourth-order valence-corrected chi connectivity index (χ4v) is 1.69. The lowest BCUT2D eigenvalue weighted by atomic mass is 9.85. The average molecular weight is 246 g/mol. The number of hydrogen-bond acceptors (Lipinski definition) is 3. The largest absolute Gasteiger partial charge is 0.451 e. The van der Waals surface area contributed by atoms with Crippen LogP contribution < -0.4 is 4.74 Å². The summed E-state index contributed by atoms with van der Waals surface area (Å²) in [5.74, 6) is -0.748. The first-order valence-corrected chi connectivity index (χ1v) is 5.96. The molecule has 0 saturated heterocycles. The monoisotopic (exact) mass is 246 g/mol. The molecule has 3 nitrogen and oxygen atoms in total. The molecule has 0 fully saturated rings. The van der Waals surface area contributed by atoms with Gasteiger partial charge in [-0.25, -0.2) is 4.79 Å². The minimum Gasteiger partial charge on any atom is -0.451 e. The Kier molecular flexibility index (Phi) is 2.73. The van der Waals surface area contributed by atoms with Crippen molar-refractivity contribution in [3.8, 4) is 5.75 Å². The van der Waals surface area contributed by atoms with Crippen LogP contribution in [0.2, 0.25) is 0 Å². The number of esters is 1. The van der Waals surface area contributed by atoms with E-state index in [-0.39, 0.29) is 11.4 Å². The van der Waals surface area contributed by atoms with E-state index < -0.39 is 5.79 Å². The zero-order valence-electron chi connectivity index (χ0n) is 11.2. The SMILES string of the molecule is C=Cc1ccc2c(c1)OC(C)(C(C)(C)C)OC2=O. The number of cyclic esters (lactones) is 1. The van der Waals surface area contributed by atoms with Crippen LogP contribution in [0.4, 0.5) is 0 Å². The van der Waals surface area contributed by atoms with Gasteiger partial charge in [0.2, 0.25) is 0 Å². The molecule has 0 spiro atoms. The maximum absolute atomic E-state index is 12.0. The lowest BCUT2D eigenvalue weighted by molar-refractivity contribution is -0.202. The third-order valence-electron chi connectivity index (χ3n) is 3.42. The molecule has 1 aliphatic rings. The number of ether oxygens (including phenoxy) is 2. The van der Waals surface area contributed by atoms with Gasteiger partial charge in [-0.05, 0) is 17.7 Å². The van der Waals surface area contributed by atoms with Gasteiger partial charge in [0.15, 0.2) is 0 Å². The van der Waals surface area contributed by atoms with Crippen LogP contribution in [-0.2, 0) is 4.74 Å². The summed E-state index contributed by atoms with van der Waals surface area (Å²) in [5, 5.41) is 0. The van der Waals surface area contributed by atoms with Gasteiger partial charge in [-0.15, -0.1) is 0 Å². The van der Waals surface area contributed by atoms with Gasteiger partial charge < -0.3 is 9.47 Å². The number of benzene rings is 1. The molecule has 1 atom stereocenters. The molecule has 96 valence electrons. The first-order chi connectivity index (χ1) is 8.27. The number of carbonyl (C=O) groups excluding carboxylic acids is 1. The van der Waals surface area contributed by atoms with Crippen molar-refractivity contribution in [1.29, 1.82) is 0 Å². The van der Waals surface area contributed by atoms with E-state index in [2.05, 4.69) is 6.58 Å². The second-order valence-electron chi connectivity index (χ2n) is 5.65. The van der Waals surface area contributed by atoms with Crippen molar-refractivity contribution in [2.24, 2.45) is 5.41 Å². The van der Waals surface area contributed by atoms with Crippen molar-refractivity contribution in [2.75, 3.05) is 0 Å². The second-order valence-corrected chi connectivity index (χ2v) is 5.65. The van der Waals surface area contributed by atoms with Gasteiger partial charge in [-0.3, -0.25) is 0 Å². The number of carbonyl (C=O) groups is 1. The summed E-state index contributed by atoms with van der Waals surface area (Å²) in [5.41, 5.74) is 1.06. The molecular weight excluding hydrogens is 228 g/mol. The minimum absolute atomic E-state index is 0.315. The van der Waals surface area contributed by atoms with Gasteiger partial charge in [0, 0.05) is 12.3 Å². The van der Waals surface area contributed by atoms with Crippen molar-refractivity contribution >= 4 is 12.0 Å². The van der Waals surface area contributed by atoms with Gasteiger partial charge in [0.05, 0.1) is 0 Å². The first kappa shape index (κ1) is 12.7. The van der Waals surface area contributed by atoms with Crippen LogP contribution in [0.3, 0.4) is 0 Å². The lowest BCUT2D eigenvalue weighted by Crippen LogP contribution is -2.51. The van der Waals surface area contributed by atoms with E-state index in [4.69, 9.17) is 9.47 Å². The Labute approximate surface area is 107 Å². The molecule has 1 unspecified atom stereocenters. The maximum atomic E-state index is 12.0. The highest BCUT2D eigenvalue weighted by atomic mass is 16.7. The highest BCUT2D eigenvalue weighted by Gasteiger charge is 2.47. The molecule has 0 radical (unpaired) electrons. The molecule has 0 aromatic heterocycles. The highest BCUT2D eigenvalue weighted by molar-refractivity contribution is 5.94. The van der Waals surface area contributed by atoms with Crippen LogP contribution >= 0.6 is 0 Å². The van der Waals surface area contributed by atoms with Crippen LogP contribution in [0.5, 0.6) is 5.75 Å². The molecule has 0 saturated carbocycles. The van der Waals surface area contributed by atoms with Crippen LogP contribution in [-0.4, -0.2) is 11.8 Å². The van der Waals surface area contributed by atoms with Gasteiger partial charge >= 0.3 is 5.97 Å². The maximum Gasteiger partial charge on any atom is 0.345 e. The molecule has 18 heavy (non-hydrogen) atoms. The summed E-state index contributed by atoms with van der Waals surface area (Å²) < 4.78 is 11.4. The summed E-state index contributed by atoms with van der Waals surface area (Å²) in [4.78, 5) is 12.0. The lowest BCUT2D eigenvalue weighted by Gasteiger charge is -2.43. The van der Waals surface area contributed by atoms with Crippen molar-refractivity contribution in [2.45, 2.75) is 33.5 Å². The van der Waals surface area contributed by atoms with Crippen LogP contribution in [0, 0.1) is 5.41 Å². The Morgan fingerprint density at radius 2 is 1.94 bits per heavy atom. The molecule has 1 aromatic rings. The first-order valence-electron chi connectivity index (χ1n) is 5.96. The standard InChI is InChI=1S/C15H18O3/c1-6-10-7-8-11-12(9-10)17-15(5,14(2,3)4)18-13(11)16/h6-9H,1H2,2-5H3. The van der Waals surface area contributed by atoms with E-state index in [1.54, 1.807) is 19.1 Å². The molecule has 0 bridgehead atoms. The molecular formula is C15H18O3. The number of fused-ring (bicyclic) bond motifs is 1. The summed E-state index contributed by atoms with van der Waals surface area (Å²) in [7, 11) is 0. The van der Waals surface area contributed by atoms with E-state index in [0.717, 1.165) is 5.56 Å². The molecule has 1 aromatic carbocycles. The van der Waals surface area contributed by atoms with Crippen LogP contribution in [0.15, 0.2) is 24.8 Å². The van der Waals surface area contributed by atoms with E-state index in [1.807, 2.05) is 32.9 Å². The van der Waals surface area contributed by atoms with Crippen molar-refractivity contribution in [3.05, 3.63) is 35.9 Å². The predicted molar refractivity (Wildman–Crippen MR) is 70.4 cm³/mol. The Morgan fingerprint density at radius 1 is 1.28 bits per heavy atom. The van der Waals surface area contributed by atoms with Gasteiger partial charge in [0.1, 0.15) is 11.3 Å². The van der Waals surface area contributed by atoms with E-state index in [9.17, 15) is 4.79 Å². The van der Waals surface area contributed by atoms with Crippen LogP contribution in [0.1, 0.15) is 43.6 Å². The molecule has 2 rings (SSSR count). The molecule has 0 aliphatic carbocycles. The molecule has 0 N–H and O–H groups in total. The molecule has 0 amide bonds. The highest BCUT2D eigenvalue weighted by Crippen LogP contribution is 2.41. The second kappa shape index (κ2) is 3.87. The number of hydrogen-bond donors (Lipinski definition) is 0. The Bertz CT molecular complexity index is 511. The Morgan fingerprint density at radius 3 is 2.50 bits per heavy atom. The summed E-state index contributed by atoms with van der Waals surface area (Å²) >= 11 is 0. The van der Waals surface area contributed by atoms with E-state index >= 15 is 0 Å². The van der Waals surface area contributed by atoms with Gasteiger partial charge in [0.25, 0.3) is 5.79 Å². The van der Waals surface area contributed by atoms with Crippen molar-refractivity contribution in [1.82, 2.24) is 0 Å². The zero-order valence-corrected chi connectivity index (χ0v) is 11.2.